The number of nitrogens with zero attached hydrogens (tertiary/aromatic N) is 1. The van der Waals surface area contributed by atoms with Crippen LogP contribution in [0.3, 0.4) is 0 Å². The standard InChI is InChI=1S/C14H10N.3C4H9.Sn/c1-10-5-4-7-12-9-11-6-2-3-8-13(11)15-14(10)12;3*1-3-4-2;/h3-9H,1H3;3*1,3-4H2,2H3;. The van der Waals surface area contributed by atoms with E-state index in [0.29, 0.717) is 0 Å². The Labute approximate surface area is 175 Å². The summed E-state index contributed by atoms with van der Waals surface area (Å²) in [5, 5.41) is 2.63. The number of hydrogen-bond acceptors (Lipinski definition) is 1. The Bertz CT molecular complexity index is 893. The van der Waals surface area contributed by atoms with E-state index in [1.807, 2.05) is 0 Å². The molecular weight excluding hydrogens is 445 g/mol. The molecule has 0 spiro atoms. The second-order valence-corrected chi connectivity index (χ2v) is 21.9. The fraction of sp³-hybridized carbons (Fsp3) is 0.500. The monoisotopic (exact) mass is 483 g/mol. The topological polar surface area (TPSA) is 12.9 Å². The van der Waals surface area contributed by atoms with Gasteiger partial charge < -0.3 is 0 Å². The number of para-hydroxylation sites is 1. The Balaban J connectivity index is 2.10. The van der Waals surface area contributed by atoms with Gasteiger partial charge in [-0.3, -0.25) is 0 Å². The maximum absolute atomic E-state index is 5.01. The minimum atomic E-state index is -2.37. The molecule has 0 radical (unpaired) electrons. The zero-order chi connectivity index (χ0) is 20.0. The molecule has 2 aromatic carbocycles. The van der Waals surface area contributed by atoms with Crippen molar-refractivity contribution in [2.45, 2.75) is 79.5 Å². The van der Waals surface area contributed by atoms with Gasteiger partial charge in [0, 0.05) is 0 Å². The third-order valence-corrected chi connectivity index (χ3v) is 22.1. The van der Waals surface area contributed by atoms with Crippen molar-refractivity contribution in [3.05, 3.63) is 48.0 Å². The van der Waals surface area contributed by atoms with Crippen LogP contribution in [-0.2, 0) is 0 Å². The average Bonchev–Trinajstić information content (AvgIpc) is 2.72. The second kappa shape index (κ2) is 10.1. The van der Waals surface area contributed by atoms with Crippen LogP contribution in [0.2, 0.25) is 13.3 Å². The number of unbranched alkanes of at least 4 members (excludes halogenated alkanes) is 3. The summed E-state index contributed by atoms with van der Waals surface area (Å²) in [7, 11) is 0. The molecule has 0 aliphatic rings. The summed E-state index contributed by atoms with van der Waals surface area (Å²) in [5.74, 6) is 0. The van der Waals surface area contributed by atoms with Crippen molar-refractivity contribution in [1.29, 1.82) is 0 Å². The third-order valence-electron chi connectivity index (χ3n) is 6.48. The molecule has 28 heavy (non-hydrogen) atoms. The van der Waals surface area contributed by atoms with Crippen molar-refractivity contribution in [2.75, 3.05) is 0 Å². The molecule has 3 aromatic rings. The number of aryl methyl sites for hydroxylation is 1. The first-order valence-corrected chi connectivity index (χ1v) is 18.9. The Kier molecular flexibility index (Phi) is 7.79. The van der Waals surface area contributed by atoms with Gasteiger partial charge in [0.1, 0.15) is 0 Å². The molecule has 0 saturated heterocycles. The fourth-order valence-corrected chi connectivity index (χ4v) is 20.7. The van der Waals surface area contributed by atoms with E-state index in [9.17, 15) is 0 Å². The number of pyridine rings is 1. The summed E-state index contributed by atoms with van der Waals surface area (Å²) < 4.78 is 6.33. The molecule has 0 aliphatic heterocycles. The van der Waals surface area contributed by atoms with E-state index >= 15 is 0 Å². The summed E-state index contributed by atoms with van der Waals surface area (Å²) in [6.07, 6.45) is 8.23. The SMILES string of the molecule is CCC[CH2][Sn]([CH2]CCC)([CH2]CCC)[c]1ccc2nc3c(C)cccc3cc2c1. The number of fused-ring (bicyclic) bond motifs is 2. The predicted molar refractivity (Wildman–Crippen MR) is 129 cm³/mol. The maximum atomic E-state index is 5.01. The number of benzene rings is 2. The van der Waals surface area contributed by atoms with Gasteiger partial charge in [0.05, 0.1) is 0 Å². The van der Waals surface area contributed by atoms with Gasteiger partial charge in [-0.25, -0.2) is 0 Å². The van der Waals surface area contributed by atoms with E-state index < -0.39 is 18.4 Å². The summed E-state index contributed by atoms with van der Waals surface area (Å²) in [4.78, 5) is 5.01. The van der Waals surface area contributed by atoms with E-state index in [0.717, 1.165) is 11.0 Å². The van der Waals surface area contributed by atoms with Gasteiger partial charge >= 0.3 is 176 Å². The molecule has 1 nitrogen and oxygen atoms in total. The summed E-state index contributed by atoms with van der Waals surface area (Å²) in [6, 6.07) is 16.3. The molecular formula is C26H37NSn. The first-order chi connectivity index (χ1) is 13.6. The minimum absolute atomic E-state index is 1.15. The van der Waals surface area contributed by atoms with Gasteiger partial charge in [-0.1, -0.05) is 0 Å². The van der Waals surface area contributed by atoms with Crippen LogP contribution in [0.4, 0.5) is 0 Å². The van der Waals surface area contributed by atoms with Crippen molar-refractivity contribution in [3.8, 4) is 0 Å². The number of hydrogen-bond donors (Lipinski definition) is 0. The molecule has 0 unspecified atom stereocenters. The number of rotatable bonds is 10. The normalized spacial score (nSPS) is 12.1. The van der Waals surface area contributed by atoms with Gasteiger partial charge in [0.2, 0.25) is 0 Å². The fourth-order valence-electron chi connectivity index (χ4n) is 4.69. The average molecular weight is 482 g/mol. The summed E-state index contributed by atoms with van der Waals surface area (Å²) in [5.41, 5.74) is 3.58. The molecule has 3 rings (SSSR count). The Morgan fingerprint density at radius 2 is 1.39 bits per heavy atom. The Morgan fingerprint density at radius 1 is 0.750 bits per heavy atom. The van der Waals surface area contributed by atoms with Crippen LogP contribution in [-0.4, -0.2) is 23.4 Å². The van der Waals surface area contributed by atoms with Crippen LogP contribution in [0.1, 0.15) is 64.9 Å². The van der Waals surface area contributed by atoms with Gasteiger partial charge in [-0.05, 0) is 0 Å². The predicted octanol–water partition coefficient (Wildman–Crippen LogP) is 7.75. The van der Waals surface area contributed by atoms with Crippen LogP contribution in [0.15, 0.2) is 42.5 Å². The van der Waals surface area contributed by atoms with Crippen molar-refractivity contribution in [2.24, 2.45) is 0 Å². The summed E-state index contributed by atoms with van der Waals surface area (Å²) >= 11 is -2.37. The van der Waals surface area contributed by atoms with Crippen LogP contribution < -0.4 is 3.58 Å². The molecule has 0 saturated carbocycles. The van der Waals surface area contributed by atoms with Gasteiger partial charge in [-0.2, -0.15) is 0 Å². The molecule has 1 aromatic heterocycles. The first-order valence-electron chi connectivity index (χ1n) is 11.4. The molecule has 0 fully saturated rings. The van der Waals surface area contributed by atoms with E-state index in [1.54, 1.807) is 3.58 Å². The zero-order valence-corrected chi connectivity index (χ0v) is 21.2. The molecule has 0 N–H and O–H groups in total. The Hall–Kier alpha value is -1.09. The number of aromatic nitrogens is 1. The molecule has 0 atom stereocenters. The molecule has 0 amide bonds. The van der Waals surface area contributed by atoms with Crippen LogP contribution in [0.25, 0.3) is 21.8 Å². The molecule has 0 aliphatic carbocycles. The molecule has 2 heteroatoms. The van der Waals surface area contributed by atoms with E-state index in [2.05, 4.69) is 70.2 Å². The van der Waals surface area contributed by atoms with Crippen molar-refractivity contribution >= 4 is 43.8 Å². The van der Waals surface area contributed by atoms with Gasteiger partial charge in [-0.15, -0.1) is 0 Å². The van der Waals surface area contributed by atoms with Gasteiger partial charge in [0.25, 0.3) is 0 Å². The molecule has 0 bridgehead atoms. The van der Waals surface area contributed by atoms with E-state index in [-0.39, 0.29) is 0 Å². The zero-order valence-electron chi connectivity index (χ0n) is 18.4. The van der Waals surface area contributed by atoms with Crippen LogP contribution >= 0.6 is 0 Å². The van der Waals surface area contributed by atoms with E-state index in [1.165, 1.54) is 68.2 Å². The van der Waals surface area contributed by atoms with Crippen LogP contribution in [0, 0.1) is 6.92 Å². The third kappa shape index (κ3) is 4.72. The molecule has 150 valence electrons. The van der Waals surface area contributed by atoms with Crippen LogP contribution in [0.5, 0.6) is 0 Å². The second-order valence-electron chi connectivity index (χ2n) is 8.63. The molecule has 1 heterocycles. The Morgan fingerprint density at radius 3 is 2.00 bits per heavy atom. The summed E-state index contributed by atoms with van der Waals surface area (Å²) in [6.45, 7) is 9.23. The first kappa shape index (κ1) is 21.6. The van der Waals surface area contributed by atoms with Crippen molar-refractivity contribution in [3.63, 3.8) is 0 Å². The quantitative estimate of drug-likeness (QED) is 0.213. The van der Waals surface area contributed by atoms with Crippen molar-refractivity contribution in [1.82, 2.24) is 4.98 Å². The van der Waals surface area contributed by atoms with Gasteiger partial charge in [0.15, 0.2) is 0 Å². The van der Waals surface area contributed by atoms with E-state index in [4.69, 9.17) is 4.98 Å². The van der Waals surface area contributed by atoms with Crippen molar-refractivity contribution < 1.29 is 0 Å².